The number of nitrogens with zero attached hydrogens (tertiary/aromatic N) is 2. The third-order valence-corrected chi connectivity index (χ3v) is 6.75. The van der Waals surface area contributed by atoms with Gasteiger partial charge >= 0.3 is 0 Å². The molecule has 10 heteroatoms. The van der Waals surface area contributed by atoms with Crippen LogP contribution >= 0.6 is 34.7 Å². The lowest BCUT2D eigenvalue weighted by Gasteiger charge is -2.13. The Hall–Kier alpha value is -2.88. The fourth-order valence-electron chi connectivity index (χ4n) is 3.04. The molecule has 0 saturated heterocycles. The number of amides is 1. The Morgan fingerprint density at radius 3 is 2.84 bits per heavy atom. The maximum atomic E-state index is 14.2. The normalized spacial score (nSPS) is 11.0. The van der Waals surface area contributed by atoms with E-state index in [1.165, 1.54) is 29.1 Å². The number of hydrogen-bond donors (Lipinski definition) is 1. The lowest BCUT2D eigenvalue weighted by atomic mass is 10.2. The van der Waals surface area contributed by atoms with Gasteiger partial charge in [-0.05, 0) is 35.7 Å². The maximum Gasteiger partial charge on any atom is 0.272 e. The van der Waals surface area contributed by atoms with Crippen molar-refractivity contribution in [2.45, 2.75) is 11.7 Å². The number of carbonyl (C=O) groups is 1. The van der Waals surface area contributed by atoms with E-state index in [4.69, 9.17) is 16.3 Å². The molecule has 1 amide bonds. The average Bonchev–Trinajstić information content (AvgIpc) is 3.25. The van der Waals surface area contributed by atoms with Crippen LogP contribution in [-0.4, -0.2) is 28.3 Å². The van der Waals surface area contributed by atoms with Crippen LogP contribution in [-0.2, 0) is 11.3 Å². The highest BCUT2D eigenvalue weighted by atomic mass is 35.5. The average molecular weight is 490 g/mol. The van der Waals surface area contributed by atoms with Crippen molar-refractivity contribution in [3.63, 3.8) is 0 Å². The van der Waals surface area contributed by atoms with Crippen molar-refractivity contribution in [2.75, 3.05) is 18.2 Å². The molecule has 0 bridgehead atoms. The second kappa shape index (κ2) is 9.72. The van der Waals surface area contributed by atoms with Gasteiger partial charge in [0.15, 0.2) is 5.16 Å². The van der Waals surface area contributed by atoms with E-state index >= 15 is 0 Å². The number of anilines is 1. The van der Waals surface area contributed by atoms with Gasteiger partial charge in [0.1, 0.15) is 16.3 Å². The summed E-state index contributed by atoms with van der Waals surface area (Å²) in [5.41, 5.74) is 1.17. The molecule has 164 valence electrons. The molecule has 0 unspecified atom stereocenters. The molecule has 2 heterocycles. The van der Waals surface area contributed by atoms with Crippen LogP contribution in [0.3, 0.4) is 0 Å². The Balaban J connectivity index is 1.56. The van der Waals surface area contributed by atoms with Crippen LogP contribution in [0.1, 0.15) is 5.56 Å². The van der Waals surface area contributed by atoms with Gasteiger partial charge in [-0.3, -0.25) is 14.2 Å². The first-order valence-corrected chi connectivity index (χ1v) is 11.7. The van der Waals surface area contributed by atoms with Crippen LogP contribution in [0.4, 0.5) is 10.1 Å². The van der Waals surface area contributed by atoms with E-state index in [1.54, 1.807) is 47.8 Å². The summed E-state index contributed by atoms with van der Waals surface area (Å²) in [7, 11) is 1.51. The zero-order valence-corrected chi connectivity index (χ0v) is 19.2. The molecule has 0 radical (unpaired) electrons. The summed E-state index contributed by atoms with van der Waals surface area (Å²) in [6.07, 6.45) is 0. The minimum atomic E-state index is -0.407. The van der Waals surface area contributed by atoms with E-state index in [9.17, 15) is 14.0 Å². The van der Waals surface area contributed by atoms with Gasteiger partial charge in [-0.2, -0.15) is 0 Å². The summed E-state index contributed by atoms with van der Waals surface area (Å²) < 4.78 is 21.2. The number of ether oxygens (including phenoxy) is 1. The number of carbonyl (C=O) groups excluding carboxylic acids is 1. The zero-order valence-electron chi connectivity index (χ0n) is 16.8. The summed E-state index contributed by atoms with van der Waals surface area (Å²) in [5.74, 6) is -0.197. The molecule has 2 aromatic carbocycles. The molecule has 32 heavy (non-hydrogen) atoms. The van der Waals surface area contributed by atoms with E-state index < -0.39 is 5.82 Å². The lowest BCUT2D eigenvalue weighted by molar-refractivity contribution is -0.113. The van der Waals surface area contributed by atoms with E-state index in [2.05, 4.69) is 10.3 Å². The zero-order chi connectivity index (χ0) is 22.7. The number of nitrogens with one attached hydrogen (secondary N) is 1. The number of benzene rings is 2. The highest BCUT2D eigenvalue weighted by Crippen LogP contribution is 2.28. The predicted octanol–water partition coefficient (Wildman–Crippen LogP) is 5.04. The number of hydrogen-bond acceptors (Lipinski definition) is 6. The van der Waals surface area contributed by atoms with Gasteiger partial charge in [-0.1, -0.05) is 41.6 Å². The number of thiophene rings is 1. The number of halogens is 2. The van der Waals surface area contributed by atoms with Crippen LogP contribution in [0.2, 0.25) is 5.02 Å². The SMILES string of the molecule is COc1ccc(NC(=O)CSc2nc3ccsc3c(=O)n2Cc2ccccc2F)cc1Cl. The summed E-state index contributed by atoms with van der Waals surface area (Å²) in [5, 5.41) is 5.25. The van der Waals surface area contributed by atoms with Gasteiger partial charge in [-0.25, -0.2) is 9.37 Å². The first-order chi connectivity index (χ1) is 15.5. The van der Waals surface area contributed by atoms with Gasteiger partial charge in [0, 0.05) is 11.3 Å². The molecule has 6 nitrogen and oxygen atoms in total. The molecule has 1 N–H and O–H groups in total. The maximum absolute atomic E-state index is 14.2. The number of fused-ring (bicyclic) bond motifs is 1. The van der Waals surface area contributed by atoms with Gasteiger partial charge < -0.3 is 10.1 Å². The molecule has 4 rings (SSSR count). The van der Waals surface area contributed by atoms with Crippen LogP contribution in [0.5, 0.6) is 5.75 Å². The minimum absolute atomic E-state index is 0.00298. The molecule has 0 aliphatic carbocycles. The largest absolute Gasteiger partial charge is 0.495 e. The predicted molar refractivity (Wildman–Crippen MR) is 127 cm³/mol. The van der Waals surface area contributed by atoms with E-state index in [1.807, 2.05) is 0 Å². The van der Waals surface area contributed by atoms with E-state index in [0.717, 1.165) is 11.8 Å². The molecule has 0 atom stereocenters. The molecular weight excluding hydrogens is 473 g/mol. The molecule has 0 fully saturated rings. The molecule has 2 aromatic heterocycles. The summed E-state index contributed by atoms with van der Waals surface area (Å²) in [6, 6.07) is 12.9. The summed E-state index contributed by atoms with van der Waals surface area (Å²) in [6.45, 7) is 0.0182. The molecule has 0 aliphatic rings. The standard InChI is InChI=1S/C22H17ClFN3O3S2/c1-30-18-7-6-14(10-15(18)23)25-19(28)12-32-22-26-17-8-9-31-20(17)21(29)27(22)11-13-4-2-3-5-16(13)24/h2-10H,11-12H2,1H3,(H,25,28). The van der Waals surface area contributed by atoms with Gasteiger partial charge in [0.25, 0.3) is 5.56 Å². The smallest absolute Gasteiger partial charge is 0.272 e. The third kappa shape index (κ3) is 4.79. The van der Waals surface area contributed by atoms with Crippen LogP contribution in [0.15, 0.2) is 63.9 Å². The minimum Gasteiger partial charge on any atom is -0.495 e. The first-order valence-electron chi connectivity index (χ1n) is 9.44. The monoisotopic (exact) mass is 489 g/mol. The molecular formula is C22H17ClFN3O3S2. The van der Waals surface area contributed by atoms with Crippen molar-refractivity contribution < 1.29 is 13.9 Å². The Kier molecular flexibility index (Phi) is 6.78. The topological polar surface area (TPSA) is 73.2 Å². The number of thioether (sulfide) groups is 1. The van der Waals surface area contributed by atoms with Crippen molar-refractivity contribution in [1.82, 2.24) is 9.55 Å². The van der Waals surface area contributed by atoms with Crippen LogP contribution < -0.4 is 15.6 Å². The van der Waals surface area contributed by atoms with Gasteiger partial charge in [0.05, 0.1) is 29.9 Å². The molecule has 0 saturated carbocycles. The molecule has 0 aliphatic heterocycles. The first kappa shape index (κ1) is 22.3. The van der Waals surface area contributed by atoms with Crippen molar-refractivity contribution in [3.05, 3.63) is 80.7 Å². The summed E-state index contributed by atoms with van der Waals surface area (Å²) in [4.78, 5) is 30.1. The highest BCUT2D eigenvalue weighted by Gasteiger charge is 2.16. The van der Waals surface area contributed by atoms with Crippen LogP contribution in [0, 0.1) is 5.82 Å². The quantitative estimate of drug-likeness (QED) is 0.291. The Labute approximate surface area is 196 Å². The fraction of sp³-hybridized carbons (Fsp3) is 0.136. The van der Waals surface area contributed by atoms with Gasteiger partial charge in [0.2, 0.25) is 5.91 Å². The van der Waals surface area contributed by atoms with Gasteiger partial charge in [-0.15, -0.1) is 11.3 Å². The highest BCUT2D eigenvalue weighted by molar-refractivity contribution is 7.99. The molecule has 0 spiro atoms. The lowest BCUT2D eigenvalue weighted by Crippen LogP contribution is -2.24. The van der Waals surface area contributed by atoms with Crippen LogP contribution in [0.25, 0.3) is 10.2 Å². The number of rotatable bonds is 7. The van der Waals surface area contributed by atoms with E-state index in [-0.39, 0.29) is 23.8 Å². The Morgan fingerprint density at radius 2 is 2.09 bits per heavy atom. The number of aromatic nitrogens is 2. The van der Waals surface area contributed by atoms with E-state index in [0.29, 0.717) is 37.4 Å². The second-order valence-electron chi connectivity index (χ2n) is 6.70. The fourth-order valence-corrected chi connectivity index (χ4v) is 4.88. The van der Waals surface area contributed by atoms with Crippen molar-refractivity contribution in [2.24, 2.45) is 0 Å². The van der Waals surface area contributed by atoms with Crippen molar-refractivity contribution >= 4 is 56.5 Å². The Morgan fingerprint density at radius 1 is 1.28 bits per heavy atom. The van der Waals surface area contributed by atoms with Crippen molar-refractivity contribution in [3.8, 4) is 5.75 Å². The third-order valence-electron chi connectivity index (χ3n) is 4.59. The molecule has 4 aromatic rings. The summed E-state index contributed by atoms with van der Waals surface area (Å²) >= 11 is 8.49. The second-order valence-corrected chi connectivity index (χ2v) is 8.96. The Bertz CT molecular complexity index is 1360. The number of methoxy groups -OCH3 is 1. The van der Waals surface area contributed by atoms with Crippen molar-refractivity contribution in [1.29, 1.82) is 0 Å².